The van der Waals surface area contributed by atoms with Crippen molar-refractivity contribution in [1.29, 1.82) is 0 Å². The van der Waals surface area contributed by atoms with E-state index in [-0.39, 0.29) is 12.3 Å². The molecule has 0 aliphatic heterocycles. The van der Waals surface area contributed by atoms with Crippen LogP contribution < -0.4 is 14.9 Å². The number of benzene rings is 3. The summed E-state index contributed by atoms with van der Waals surface area (Å²) >= 11 is 0. The quantitative estimate of drug-likeness (QED) is 0.385. The van der Waals surface area contributed by atoms with E-state index in [1.807, 2.05) is 36.4 Å². The lowest BCUT2D eigenvalue weighted by molar-refractivity contribution is -0.384. The number of fused-ring (bicyclic) bond motifs is 1. The predicted molar refractivity (Wildman–Crippen MR) is 105 cm³/mol. The van der Waals surface area contributed by atoms with Gasteiger partial charge >= 0.3 is 0 Å². The molecule has 0 bridgehead atoms. The first-order valence-corrected chi connectivity index (χ1v) is 8.33. The summed E-state index contributed by atoms with van der Waals surface area (Å²) in [6, 6.07) is 16.9. The molecule has 0 heterocycles. The van der Waals surface area contributed by atoms with Crippen molar-refractivity contribution >= 4 is 28.6 Å². The van der Waals surface area contributed by atoms with Gasteiger partial charge in [-0.25, -0.2) is 5.43 Å². The van der Waals surface area contributed by atoms with Gasteiger partial charge in [0.1, 0.15) is 11.5 Å². The van der Waals surface area contributed by atoms with Crippen LogP contribution >= 0.6 is 0 Å². The number of rotatable bonds is 7. The number of amides is 1. The number of nitrogens with one attached hydrogen (secondary N) is 1. The van der Waals surface area contributed by atoms with Crippen LogP contribution in [0.2, 0.25) is 0 Å². The van der Waals surface area contributed by atoms with E-state index in [1.165, 1.54) is 24.3 Å². The van der Waals surface area contributed by atoms with Gasteiger partial charge in [-0.15, -0.1) is 0 Å². The van der Waals surface area contributed by atoms with Crippen LogP contribution in [0.1, 0.15) is 5.56 Å². The Balaban J connectivity index is 1.59. The number of hydrogen-bond acceptors (Lipinski definition) is 6. The molecule has 8 heteroatoms. The third kappa shape index (κ3) is 4.42. The van der Waals surface area contributed by atoms with Crippen molar-refractivity contribution in [2.75, 3.05) is 13.7 Å². The van der Waals surface area contributed by atoms with E-state index in [4.69, 9.17) is 9.47 Å². The zero-order valence-electron chi connectivity index (χ0n) is 15.0. The molecular formula is C20H17N3O5. The highest BCUT2D eigenvalue weighted by Gasteiger charge is 2.07. The highest BCUT2D eigenvalue weighted by Crippen LogP contribution is 2.27. The van der Waals surface area contributed by atoms with Crippen molar-refractivity contribution in [3.8, 4) is 11.5 Å². The number of nitro benzene ring substituents is 1. The summed E-state index contributed by atoms with van der Waals surface area (Å²) in [5, 5.41) is 16.5. The third-order valence-electron chi connectivity index (χ3n) is 3.95. The normalized spacial score (nSPS) is 10.8. The van der Waals surface area contributed by atoms with Crippen molar-refractivity contribution in [2.45, 2.75) is 0 Å². The summed E-state index contributed by atoms with van der Waals surface area (Å²) < 4.78 is 10.6. The van der Waals surface area contributed by atoms with Crippen LogP contribution in [0.4, 0.5) is 5.69 Å². The van der Waals surface area contributed by atoms with E-state index < -0.39 is 10.8 Å². The van der Waals surface area contributed by atoms with Crippen LogP contribution in [0.25, 0.3) is 10.8 Å². The van der Waals surface area contributed by atoms with Gasteiger partial charge in [-0.2, -0.15) is 5.10 Å². The standard InChI is InChI=1S/C20H17N3O5/c1-27-19-11-6-14(17-4-2-3-5-18(17)19)12-21-22-20(24)13-28-16-9-7-15(8-10-16)23(25)26/h2-12H,13H2,1H3,(H,22,24)/b21-12-. The Morgan fingerprint density at radius 1 is 1.11 bits per heavy atom. The van der Waals surface area contributed by atoms with Crippen molar-refractivity contribution in [1.82, 2.24) is 5.43 Å². The fourth-order valence-corrected chi connectivity index (χ4v) is 2.60. The van der Waals surface area contributed by atoms with Crippen LogP contribution in [0.3, 0.4) is 0 Å². The number of methoxy groups -OCH3 is 1. The fourth-order valence-electron chi connectivity index (χ4n) is 2.60. The summed E-state index contributed by atoms with van der Waals surface area (Å²) in [6.45, 7) is -0.265. The van der Waals surface area contributed by atoms with Crippen LogP contribution in [0.15, 0.2) is 65.8 Å². The first-order chi connectivity index (χ1) is 13.6. The molecule has 0 saturated heterocycles. The number of hydrogen-bond donors (Lipinski definition) is 1. The van der Waals surface area contributed by atoms with Crippen LogP contribution in [0, 0.1) is 10.1 Å². The van der Waals surface area contributed by atoms with E-state index in [9.17, 15) is 14.9 Å². The van der Waals surface area contributed by atoms with Crippen LogP contribution in [-0.4, -0.2) is 30.8 Å². The largest absolute Gasteiger partial charge is 0.496 e. The number of nitro groups is 1. The average molecular weight is 379 g/mol. The molecule has 0 radical (unpaired) electrons. The van der Waals surface area contributed by atoms with Crippen LogP contribution in [0.5, 0.6) is 11.5 Å². The number of nitrogens with zero attached hydrogens (tertiary/aromatic N) is 2. The van der Waals surface area contributed by atoms with Crippen molar-refractivity contribution in [2.24, 2.45) is 5.10 Å². The van der Waals surface area contributed by atoms with Gasteiger partial charge in [-0.05, 0) is 29.7 Å². The minimum Gasteiger partial charge on any atom is -0.496 e. The van der Waals surface area contributed by atoms with E-state index in [0.29, 0.717) is 5.75 Å². The topological polar surface area (TPSA) is 103 Å². The van der Waals surface area contributed by atoms with E-state index in [2.05, 4.69) is 10.5 Å². The second kappa shape index (κ2) is 8.63. The number of non-ortho nitro benzene ring substituents is 1. The summed E-state index contributed by atoms with van der Waals surface area (Å²) in [5.74, 6) is 0.659. The summed E-state index contributed by atoms with van der Waals surface area (Å²) in [7, 11) is 1.61. The Hall–Kier alpha value is -3.94. The number of hydrazone groups is 1. The molecule has 0 aliphatic carbocycles. The Morgan fingerprint density at radius 2 is 1.82 bits per heavy atom. The Labute approximate surface area is 160 Å². The second-order valence-corrected chi connectivity index (χ2v) is 5.74. The molecule has 1 amide bonds. The van der Waals surface area contributed by atoms with Gasteiger partial charge < -0.3 is 9.47 Å². The molecule has 142 valence electrons. The lowest BCUT2D eigenvalue weighted by Crippen LogP contribution is -2.24. The van der Waals surface area contributed by atoms with Crippen LogP contribution in [-0.2, 0) is 4.79 Å². The smallest absolute Gasteiger partial charge is 0.277 e. The van der Waals surface area contributed by atoms with Crippen molar-refractivity contribution in [3.63, 3.8) is 0 Å². The Morgan fingerprint density at radius 3 is 2.50 bits per heavy atom. The minimum atomic E-state index is -0.506. The van der Waals surface area contributed by atoms with Gasteiger partial charge in [0.25, 0.3) is 11.6 Å². The molecule has 0 atom stereocenters. The molecule has 1 N–H and O–H groups in total. The van der Waals surface area contributed by atoms with Crippen molar-refractivity contribution in [3.05, 3.63) is 76.3 Å². The van der Waals surface area contributed by atoms with E-state index >= 15 is 0 Å². The van der Waals surface area contributed by atoms with Crippen molar-refractivity contribution < 1.29 is 19.2 Å². The zero-order valence-corrected chi connectivity index (χ0v) is 15.0. The first kappa shape index (κ1) is 18.8. The molecule has 0 saturated carbocycles. The number of carbonyl (C=O) groups is 1. The zero-order chi connectivity index (χ0) is 19.9. The van der Waals surface area contributed by atoms with Gasteiger partial charge in [-0.3, -0.25) is 14.9 Å². The highest BCUT2D eigenvalue weighted by molar-refractivity contribution is 6.02. The lowest BCUT2D eigenvalue weighted by atomic mass is 10.0. The van der Waals surface area contributed by atoms with Gasteiger partial charge in [0, 0.05) is 23.1 Å². The average Bonchev–Trinajstić information content (AvgIpc) is 2.72. The maximum Gasteiger partial charge on any atom is 0.277 e. The second-order valence-electron chi connectivity index (χ2n) is 5.74. The maximum absolute atomic E-state index is 11.9. The molecular weight excluding hydrogens is 362 g/mol. The minimum absolute atomic E-state index is 0.0480. The number of ether oxygens (including phenoxy) is 2. The predicted octanol–water partition coefficient (Wildman–Crippen LogP) is 3.29. The SMILES string of the molecule is COc1ccc(/C=N\NC(=O)COc2ccc([N+](=O)[O-])cc2)c2ccccc12. The molecule has 3 rings (SSSR count). The van der Waals surface area contributed by atoms with Gasteiger partial charge in [-0.1, -0.05) is 24.3 Å². The fraction of sp³-hybridized carbons (Fsp3) is 0.100. The number of carbonyl (C=O) groups excluding carboxylic acids is 1. The molecule has 3 aromatic carbocycles. The third-order valence-corrected chi connectivity index (χ3v) is 3.95. The monoisotopic (exact) mass is 379 g/mol. The molecule has 0 fully saturated rings. The first-order valence-electron chi connectivity index (χ1n) is 8.33. The summed E-state index contributed by atoms with van der Waals surface area (Å²) in [5.41, 5.74) is 3.17. The van der Waals surface area contributed by atoms with E-state index in [1.54, 1.807) is 13.3 Å². The Kier molecular flexibility index (Phi) is 5.81. The molecule has 28 heavy (non-hydrogen) atoms. The lowest BCUT2D eigenvalue weighted by Gasteiger charge is -2.07. The molecule has 0 unspecified atom stereocenters. The molecule has 0 spiro atoms. The molecule has 3 aromatic rings. The van der Waals surface area contributed by atoms with Gasteiger partial charge in [0.05, 0.1) is 18.2 Å². The highest BCUT2D eigenvalue weighted by atomic mass is 16.6. The Bertz CT molecular complexity index is 1030. The van der Waals surface area contributed by atoms with Gasteiger partial charge in [0.2, 0.25) is 0 Å². The molecule has 8 nitrogen and oxygen atoms in total. The summed E-state index contributed by atoms with van der Waals surface area (Å²) in [4.78, 5) is 22.0. The molecule has 0 aromatic heterocycles. The van der Waals surface area contributed by atoms with Gasteiger partial charge in [0.15, 0.2) is 6.61 Å². The molecule has 0 aliphatic rings. The maximum atomic E-state index is 11.9. The summed E-state index contributed by atoms with van der Waals surface area (Å²) in [6.07, 6.45) is 1.55. The van der Waals surface area contributed by atoms with E-state index in [0.717, 1.165) is 22.1 Å².